The Hall–Kier alpha value is -3.13. The molecule has 13 heteroatoms. The number of benzene rings is 1. The second-order valence-corrected chi connectivity index (χ2v) is 13.3. The number of nitrogens with zero attached hydrogens (tertiary/aromatic N) is 3. The number of carbonyl (C=O) groups excluding carboxylic acids is 1. The molecule has 39 heavy (non-hydrogen) atoms. The van der Waals surface area contributed by atoms with Crippen LogP contribution in [0.3, 0.4) is 0 Å². The van der Waals surface area contributed by atoms with E-state index in [0.717, 1.165) is 19.5 Å². The molecular weight excluding hydrogens is 542 g/mol. The van der Waals surface area contributed by atoms with E-state index in [1.54, 1.807) is 24.3 Å². The van der Waals surface area contributed by atoms with E-state index in [9.17, 15) is 18.3 Å². The van der Waals surface area contributed by atoms with Gasteiger partial charge in [-0.05, 0) is 56.8 Å². The molecule has 3 atom stereocenters. The summed E-state index contributed by atoms with van der Waals surface area (Å²) >= 11 is 1.21. The number of aliphatic hydroxyl groups excluding tert-OH is 1. The van der Waals surface area contributed by atoms with Gasteiger partial charge in [0.1, 0.15) is 22.6 Å². The summed E-state index contributed by atoms with van der Waals surface area (Å²) in [5.41, 5.74) is 1.01. The van der Waals surface area contributed by atoms with Gasteiger partial charge in [-0.25, -0.2) is 18.4 Å². The number of carbonyl (C=O) groups is 1. The average molecular weight is 572 g/mol. The van der Waals surface area contributed by atoms with Gasteiger partial charge in [0.05, 0.1) is 16.2 Å². The van der Waals surface area contributed by atoms with Gasteiger partial charge in [-0.15, -0.1) is 0 Å². The van der Waals surface area contributed by atoms with Crippen molar-refractivity contribution >= 4 is 48.3 Å². The molecule has 1 aliphatic heterocycles. The topological polar surface area (TPSA) is 152 Å². The Morgan fingerprint density at radius 2 is 1.87 bits per heavy atom. The van der Waals surface area contributed by atoms with Crippen LogP contribution in [0.25, 0.3) is 10.3 Å². The smallest absolute Gasteiger partial charge is 0.280 e. The SMILES string of the molecule is O=C(Nc1nc2ccc(O[C@H]3CCNC3)nc2s1)C(=NO[C@@H]1CC[C@@H](O)C1)c1ccc(S(=O)(=O)C2CC2)cc1. The fourth-order valence-electron chi connectivity index (χ4n) is 4.71. The fraction of sp³-hybridized carbons (Fsp3) is 0.462. The van der Waals surface area contributed by atoms with Gasteiger partial charge in [0.25, 0.3) is 5.91 Å². The molecule has 206 valence electrons. The van der Waals surface area contributed by atoms with Crippen molar-refractivity contribution in [3.8, 4) is 5.88 Å². The summed E-state index contributed by atoms with van der Waals surface area (Å²) < 4.78 is 31.1. The van der Waals surface area contributed by atoms with Crippen molar-refractivity contribution < 1.29 is 27.9 Å². The van der Waals surface area contributed by atoms with Crippen molar-refractivity contribution in [2.24, 2.45) is 5.16 Å². The van der Waals surface area contributed by atoms with E-state index in [-0.39, 0.29) is 28.1 Å². The van der Waals surface area contributed by atoms with Crippen molar-refractivity contribution in [3.05, 3.63) is 42.0 Å². The van der Waals surface area contributed by atoms with E-state index < -0.39 is 21.8 Å². The third-order valence-electron chi connectivity index (χ3n) is 7.04. The molecule has 2 saturated carbocycles. The first-order valence-corrected chi connectivity index (χ1v) is 15.4. The van der Waals surface area contributed by atoms with Crippen molar-refractivity contribution in [2.75, 3.05) is 18.4 Å². The largest absolute Gasteiger partial charge is 0.473 e. The first-order valence-electron chi connectivity index (χ1n) is 13.1. The van der Waals surface area contributed by atoms with E-state index >= 15 is 0 Å². The van der Waals surface area contributed by atoms with E-state index in [0.29, 0.717) is 59.0 Å². The van der Waals surface area contributed by atoms with Crippen LogP contribution in [0.1, 0.15) is 44.1 Å². The van der Waals surface area contributed by atoms with E-state index in [4.69, 9.17) is 9.57 Å². The maximum absolute atomic E-state index is 13.4. The van der Waals surface area contributed by atoms with Crippen LogP contribution in [0.5, 0.6) is 5.88 Å². The van der Waals surface area contributed by atoms with Crippen LogP contribution < -0.4 is 15.4 Å². The van der Waals surface area contributed by atoms with Gasteiger partial charge in [-0.1, -0.05) is 28.6 Å². The summed E-state index contributed by atoms with van der Waals surface area (Å²) in [7, 11) is -3.36. The molecule has 3 heterocycles. The Balaban J connectivity index is 1.22. The molecule has 6 rings (SSSR count). The van der Waals surface area contributed by atoms with Crippen LogP contribution in [-0.4, -0.2) is 71.8 Å². The monoisotopic (exact) mass is 571 g/mol. The highest BCUT2D eigenvalue weighted by atomic mass is 32.2. The number of fused-ring (bicyclic) bond motifs is 1. The molecule has 0 bridgehead atoms. The minimum atomic E-state index is -3.36. The molecule has 3 N–H and O–H groups in total. The number of hydrogen-bond donors (Lipinski definition) is 3. The van der Waals surface area contributed by atoms with Gasteiger partial charge in [0.15, 0.2) is 20.7 Å². The van der Waals surface area contributed by atoms with Gasteiger partial charge in [-0.3, -0.25) is 10.1 Å². The van der Waals surface area contributed by atoms with Gasteiger partial charge < -0.3 is 20.0 Å². The number of pyridine rings is 1. The van der Waals surface area contributed by atoms with Crippen molar-refractivity contribution in [2.45, 2.75) is 67.0 Å². The number of rotatable bonds is 9. The van der Waals surface area contributed by atoms with Crippen molar-refractivity contribution in [1.82, 2.24) is 15.3 Å². The molecule has 1 aromatic carbocycles. The Morgan fingerprint density at radius 3 is 2.56 bits per heavy atom. The molecular formula is C26H29N5O6S2. The molecule has 0 spiro atoms. The summed E-state index contributed by atoms with van der Waals surface area (Å²) in [6.45, 7) is 1.69. The quantitative estimate of drug-likeness (QED) is 0.260. The van der Waals surface area contributed by atoms with Crippen molar-refractivity contribution in [1.29, 1.82) is 0 Å². The van der Waals surface area contributed by atoms with Crippen LogP contribution in [0.2, 0.25) is 0 Å². The first kappa shape index (κ1) is 26.1. The lowest BCUT2D eigenvalue weighted by atomic mass is 10.1. The Labute approximate surface area is 229 Å². The summed E-state index contributed by atoms with van der Waals surface area (Å²) in [6.07, 6.45) is 3.24. The zero-order valence-electron chi connectivity index (χ0n) is 21.1. The number of hydrogen-bond acceptors (Lipinski definition) is 11. The number of ether oxygens (including phenoxy) is 1. The molecule has 3 fully saturated rings. The minimum absolute atomic E-state index is 0.0169. The van der Waals surface area contributed by atoms with Crippen LogP contribution >= 0.6 is 11.3 Å². The van der Waals surface area contributed by atoms with Gasteiger partial charge in [0, 0.05) is 24.6 Å². The predicted octanol–water partition coefficient (Wildman–Crippen LogP) is 2.64. The summed E-state index contributed by atoms with van der Waals surface area (Å²) in [5.74, 6) is -0.0488. The molecule has 2 aliphatic carbocycles. The number of aromatic nitrogens is 2. The lowest BCUT2D eigenvalue weighted by Gasteiger charge is -2.11. The summed E-state index contributed by atoms with van der Waals surface area (Å²) in [4.78, 5) is 28.9. The fourth-order valence-corrected chi connectivity index (χ4v) is 7.20. The molecule has 1 saturated heterocycles. The van der Waals surface area contributed by atoms with E-state index in [1.807, 2.05) is 0 Å². The van der Waals surface area contributed by atoms with Crippen molar-refractivity contribution in [3.63, 3.8) is 0 Å². The lowest BCUT2D eigenvalue weighted by Crippen LogP contribution is -2.25. The number of amides is 1. The third-order valence-corrected chi connectivity index (χ3v) is 10.2. The Bertz CT molecular complexity index is 1500. The number of oxime groups is 1. The third kappa shape index (κ3) is 5.91. The van der Waals surface area contributed by atoms with Crippen LogP contribution in [-0.2, 0) is 19.5 Å². The number of anilines is 1. The molecule has 0 unspecified atom stereocenters. The van der Waals surface area contributed by atoms with Crippen LogP contribution in [0.15, 0.2) is 46.4 Å². The van der Waals surface area contributed by atoms with Crippen LogP contribution in [0, 0.1) is 0 Å². The molecule has 0 radical (unpaired) electrons. The first-order chi connectivity index (χ1) is 18.8. The number of aliphatic hydroxyl groups is 1. The van der Waals surface area contributed by atoms with Gasteiger partial charge in [0.2, 0.25) is 5.88 Å². The molecule has 3 aromatic rings. The van der Waals surface area contributed by atoms with Gasteiger partial charge in [-0.2, -0.15) is 0 Å². The molecule has 3 aliphatic rings. The highest BCUT2D eigenvalue weighted by molar-refractivity contribution is 7.92. The van der Waals surface area contributed by atoms with E-state index in [2.05, 4.69) is 25.8 Å². The predicted molar refractivity (Wildman–Crippen MR) is 146 cm³/mol. The summed E-state index contributed by atoms with van der Waals surface area (Å²) in [5, 5.41) is 20.0. The molecule has 2 aromatic heterocycles. The maximum Gasteiger partial charge on any atom is 0.280 e. The van der Waals surface area contributed by atoms with Crippen LogP contribution in [0.4, 0.5) is 5.13 Å². The number of nitrogens with one attached hydrogen (secondary N) is 2. The zero-order chi connectivity index (χ0) is 27.0. The lowest BCUT2D eigenvalue weighted by molar-refractivity contribution is -0.110. The second kappa shape index (κ2) is 10.8. The van der Waals surface area contributed by atoms with Gasteiger partial charge >= 0.3 is 0 Å². The highest BCUT2D eigenvalue weighted by Crippen LogP contribution is 2.33. The molecule has 1 amide bonds. The average Bonchev–Trinajstić information content (AvgIpc) is 3.30. The zero-order valence-corrected chi connectivity index (χ0v) is 22.7. The minimum Gasteiger partial charge on any atom is -0.473 e. The number of sulfone groups is 1. The maximum atomic E-state index is 13.4. The van der Waals surface area contributed by atoms with E-state index in [1.165, 1.54) is 23.5 Å². The standard InChI is InChI=1S/C26H29N5O6S2/c32-16-3-4-17(13-16)37-31-23(15-1-5-19(6-2-15)39(34,35)20-7-8-20)24(33)30-26-28-21-9-10-22(29-25(21)38-26)36-18-11-12-27-14-18/h1-2,5-6,9-10,16-18,20,27,32H,3-4,7-8,11-14H2,(H,28,30,33)/t16-,17-,18+/m1/s1. The highest BCUT2D eigenvalue weighted by Gasteiger charge is 2.37. The normalized spacial score (nSPS) is 23.7. The second-order valence-electron chi connectivity index (χ2n) is 10.1. The molecule has 11 nitrogen and oxygen atoms in total. The number of thiazole rings is 1. The Morgan fingerprint density at radius 1 is 1.05 bits per heavy atom. The summed E-state index contributed by atoms with van der Waals surface area (Å²) in [6, 6.07) is 9.67. The Kier molecular flexibility index (Phi) is 7.23.